The van der Waals surface area contributed by atoms with Gasteiger partial charge in [0, 0.05) is 12.6 Å². The van der Waals surface area contributed by atoms with Crippen LogP contribution in [0.5, 0.6) is 0 Å². The van der Waals surface area contributed by atoms with Crippen molar-refractivity contribution in [1.29, 1.82) is 0 Å². The van der Waals surface area contributed by atoms with Crippen LogP contribution in [0, 0.1) is 0 Å². The molecule has 0 aromatic rings. The van der Waals surface area contributed by atoms with Gasteiger partial charge >= 0.3 is 6.18 Å². The molecular weight excluding hydrogens is 221 g/mol. The van der Waals surface area contributed by atoms with Crippen LogP contribution in [0.25, 0.3) is 0 Å². The van der Waals surface area contributed by atoms with Gasteiger partial charge in [0.25, 0.3) is 0 Å². The van der Waals surface area contributed by atoms with E-state index in [1.54, 1.807) is 0 Å². The van der Waals surface area contributed by atoms with Crippen LogP contribution in [-0.2, 0) is 0 Å². The molecule has 3 N–H and O–H groups in total. The summed E-state index contributed by atoms with van der Waals surface area (Å²) in [5, 5.41) is 9.70. The van der Waals surface area contributed by atoms with Crippen molar-refractivity contribution in [2.24, 2.45) is 5.73 Å². The highest BCUT2D eigenvalue weighted by Crippen LogP contribution is 2.29. The standard InChI is InChI=1S/C10H19F3N2O/c1-15(9(6-14)10(11,12)13)7-4-2-3-5-8(7)16/h7-9,16H,2-6,14H2,1H3. The summed E-state index contributed by atoms with van der Waals surface area (Å²) in [5.74, 6) is 0. The lowest BCUT2D eigenvalue weighted by molar-refractivity contribution is -0.189. The van der Waals surface area contributed by atoms with E-state index >= 15 is 0 Å². The molecule has 0 amide bonds. The Balaban J connectivity index is 2.70. The summed E-state index contributed by atoms with van der Waals surface area (Å²) in [4.78, 5) is 1.18. The summed E-state index contributed by atoms with van der Waals surface area (Å²) >= 11 is 0. The van der Waals surface area contributed by atoms with Crippen LogP contribution in [-0.4, -0.2) is 48.0 Å². The molecule has 0 heterocycles. The molecule has 0 aromatic carbocycles. The van der Waals surface area contributed by atoms with Crippen molar-refractivity contribution < 1.29 is 18.3 Å². The zero-order chi connectivity index (χ0) is 12.3. The quantitative estimate of drug-likeness (QED) is 0.777. The zero-order valence-corrected chi connectivity index (χ0v) is 9.37. The monoisotopic (exact) mass is 240 g/mol. The van der Waals surface area contributed by atoms with Gasteiger partial charge in [-0.1, -0.05) is 12.8 Å². The molecule has 6 heteroatoms. The van der Waals surface area contributed by atoms with Crippen molar-refractivity contribution in [2.45, 2.75) is 50.0 Å². The highest BCUT2D eigenvalue weighted by Gasteiger charge is 2.44. The molecule has 0 saturated heterocycles. The fraction of sp³-hybridized carbons (Fsp3) is 1.00. The molecule has 0 radical (unpaired) electrons. The molecule has 1 saturated carbocycles. The Kier molecular flexibility index (Phi) is 4.58. The number of nitrogens with two attached hydrogens (primary N) is 1. The number of aliphatic hydroxyl groups is 1. The lowest BCUT2D eigenvalue weighted by Gasteiger charge is -2.40. The van der Waals surface area contributed by atoms with Gasteiger partial charge in [-0.05, 0) is 19.9 Å². The molecular formula is C10H19F3N2O. The first-order chi connectivity index (χ1) is 7.38. The van der Waals surface area contributed by atoms with Crippen LogP contribution >= 0.6 is 0 Å². The molecule has 1 aliphatic rings. The van der Waals surface area contributed by atoms with Gasteiger partial charge in [-0.3, -0.25) is 4.90 Å². The van der Waals surface area contributed by atoms with Crippen molar-refractivity contribution in [2.75, 3.05) is 13.6 Å². The van der Waals surface area contributed by atoms with Gasteiger partial charge in [-0.25, -0.2) is 0 Å². The number of hydrogen-bond acceptors (Lipinski definition) is 3. The Labute approximate surface area is 93.4 Å². The van der Waals surface area contributed by atoms with E-state index in [2.05, 4.69) is 0 Å². The van der Waals surface area contributed by atoms with Crippen LogP contribution in [0.15, 0.2) is 0 Å². The van der Waals surface area contributed by atoms with Crippen molar-refractivity contribution in [1.82, 2.24) is 4.90 Å². The Morgan fingerprint density at radius 3 is 2.38 bits per heavy atom. The largest absolute Gasteiger partial charge is 0.405 e. The van der Waals surface area contributed by atoms with Crippen LogP contribution in [0.2, 0.25) is 0 Å². The highest BCUT2D eigenvalue weighted by molar-refractivity contribution is 4.88. The van der Waals surface area contributed by atoms with E-state index in [1.807, 2.05) is 0 Å². The normalized spacial score (nSPS) is 29.4. The number of nitrogens with zero attached hydrogens (tertiary/aromatic N) is 1. The van der Waals surface area contributed by atoms with Crippen LogP contribution in [0.1, 0.15) is 25.7 Å². The molecule has 0 spiro atoms. The van der Waals surface area contributed by atoms with Crippen LogP contribution < -0.4 is 5.73 Å². The third-order valence-corrected chi connectivity index (χ3v) is 3.31. The minimum Gasteiger partial charge on any atom is -0.391 e. The number of hydrogen-bond donors (Lipinski definition) is 2. The summed E-state index contributed by atoms with van der Waals surface area (Å²) in [5.41, 5.74) is 5.17. The minimum absolute atomic E-state index is 0.427. The Morgan fingerprint density at radius 2 is 1.94 bits per heavy atom. The average Bonchev–Trinajstić information content (AvgIpc) is 2.17. The van der Waals surface area contributed by atoms with E-state index in [4.69, 9.17) is 5.73 Å². The third kappa shape index (κ3) is 3.09. The summed E-state index contributed by atoms with van der Waals surface area (Å²) in [6, 6.07) is -2.09. The van der Waals surface area contributed by atoms with Crippen molar-refractivity contribution in [3.63, 3.8) is 0 Å². The number of likely N-dealkylation sites (N-methyl/N-ethyl adjacent to an activating group) is 1. The fourth-order valence-corrected chi connectivity index (χ4v) is 2.33. The van der Waals surface area contributed by atoms with E-state index in [0.717, 1.165) is 12.8 Å². The second kappa shape index (κ2) is 5.33. The summed E-state index contributed by atoms with van der Waals surface area (Å²) < 4.78 is 37.9. The Bertz CT molecular complexity index is 223. The van der Waals surface area contributed by atoms with E-state index < -0.39 is 30.9 Å². The topological polar surface area (TPSA) is 49.5 Å². The van der Waals surface area contributed by atoms with Crippen LogP contribution in [0.3, 0.4) is 0 Å². The first-order valence-corrected chi connectivity index (χ1v) is 5.54. The summed E-state index contributed by atoms with van der Waals surface area (Å²) in [7, 11) is 1.39. The average molecular weight is 240 g/mol. The number of aliphatic hydroxyl groups excluding tert-OH is 1. The lowest BCUT2D eigenvalue weighted by Crippen LogP contribution is -2.56. The molecule has 1 rings (SSSR count). The smallest absolute Gasteiger partial charge is 0.391 e. The number of alkyl halides is 3. The summed E-state index contributed by atoms with van der Waals surface area (Å²) in [6.45, 7) is -0.469. The van der Waals surface area contributed by atoms with Crippen molar-refractivity contribution in [3.05, 3.63) is 0 Å². The predicted octanol–water partition coefficient (Wildman–Crippen LogP) is 1.11. The van der Waals surface area contributed by atoms with E-state index in [9.17, 15) is 18.3 Å². The molecule has 3 atom stereocenters. The Morgan fingerprint density at radius 1 is 1.38 bits per heavy atom. The maximum absolute atomic E-state index is 12.6. The van der Waals surface area contributed by atoms with Gasteiger partial charge in [0.2, 0.25) is 0 Å². The number of halogens is 3. The van der Waals surface area contributed by atoms with E-state index in [0.29, 0.717) is 12.8 Å². The van der Waals surface area contributed by atoms with Gasteiger partial charge in [0.1, 0.15) is 6.04 Å². The highest BCUT2D eigenvalue weighted by atomic mass is 19.4. The van der Waals surface area contributed by atoms with Gasteiger partial charge in [0.05, 0.1) is 6.10 Å². The molecule has 0 aromatic heterocycles. The summed E-state index contributed by atoms with van der Waals surface area (Å²) in [6.07, 6.45) is -2.09. The van der Waals surface area contributed by atoms with Crippen molar-refractivity contribution in [3.8, 4) is 0 Å². The predicted molar refractivity (Wildman–Crippen MR) is 54.9 cm³/mol. The maximum Gasteiger partial charge on any atom is 0.405 e. The first kappa shape index (κ1) is 13.7. The van der Waals surface area contributed by atoms with Crippen molar-refractivity contribution >= 4 is 0 Å². The van der Waals surface area contributed by atoms with E-state index in [-0.39, 0.29) is 0 Å². The SMILES string of the molecule is CN(C1CCCCC1O)C(CN)C(F)(F)F. The molecule has 0 bridgehead atoms. The zero-order valence-electron chi connectivity index (χ0n) is 9.37. The molecule has 3 nitrogen and oxygen atoms in total. The minimum atomic E-state index is -4.33. The van der Waals surface area contributed by atoms with Gasteiger partial charge in [0.15, 0.2) is 0 Å². The molecule has 96 valence electrons. The lowest BCUT2D eigenvalue weighted by atomic mass is 9.90. The molecule has 16 heavy (non-hydrogen) atoms. The second-order valence-corrected chi connectivity index (χ2v) is 4.38. The Hall–Kier alpha value is -0.330. The molecule has 0 aliphatic heterocycles. The van der Waals surface area contributed by atoms with Gasteiger partial charge < -0.3 is 10.8 Å². The maximum atomic E-state index is 12.6. The van der Waals surface area contributed by atoms with Gasteiger partial charge in [-0.2, -0.15) is 13.2 Å². The number of rotatable bonds is 3. The molecule has 1 aliphatic carbocycles. The van der Waals surface area contributed by atoms with Gasteiger partial charge in [-0.15, -0.1) is 0 Å². The third-order valence-electron chi connectivity index (χ3n) is 3.31. The fourth-order valence-electron chi connectivity index (χ4n) is 2.33. The molecule has 3 unspecified atom stereocenters. The first-order valence-electron chi connectivity index (χ1n) is 5.54. The molecule has 1 fully saturated rings. The van der Waals surface area contributed by atoms with E-state index in [1.165, 1.54) is 11.9 Å². The second-order valence-electron chi connectivity index (χ2n) is 4.38. The van der Waals surface area contributed by atoms with Crippen LogP contribution in [0.4, 0.5) is 13.2 Å².